The van der Waals surface area contributed by atoms with Crippen LogP contribution in [0.1, 0.15) is 50.8 Å². The second-order valence-electron chi connectivity index (χ2n) is 6.75. The summed E-state index contributed by atoms with van der Waals surface area (Å²) in [6, 6.07) is 6.74. The van der Waals surface area contributed by atoms with E-state index < -0.39 is 23.7 Å². The van der Waals surface area contributed by atoms with Crippen molar-refractivity contribution in [2.24, 2.45) is 0 Å². The molecular weight excluding hydrogens is 282 g/mol. The second-order valence-corrected chi connectivity index (χ2v) is 6.75. The molecule has 0 aliphatic carbocycles. The van der Waals surface area contributed by atoms with Gasteiger partial charge in [-0.2, -0.15) is 0 Å². The molecule has 0 radical (unpaired) electrons. The number of aliphatic carboxylic acids is 1. The molecule has 0 saturated carbocycles. The summed E-state index contributed by atoms with van der Waals surface area (Å²) in [5.74, 6) is -0.985. The number of rotatable bonds is 2. The number of carbonyl (C=O) groups excluding carboxylic acids is 1. The molecule has 1 aromatic rings. The molecule has 5 nitrogen and oxygen atoms in total. The van der Waals surface area contributed by atoms with Crippen molar-refractivity contribution >= 4 is 12.1 Å². The number of likely N-dealkylation sites (tertiary alicyclic amines) is 1. The largest absolute Gasteiger partial charge is 0.480 e. The maximum Gasteiger partial charge on any atom is 0.411 e. The molecule has 1 aliphatic heterocycles. The summed E-state index contributed by atoms with van der Waals surface area (Å²) in [5, 5.41) is 9.40. The number of carbonyl (C=O) groups is 2. The second kappa shape index (κ2) is 5.99. The summed E-state index contributed by atoms with van der Waals surface area (Å²) in [4.78, 5) is 25.3. The molecule has 2 atom stereocenters. The highest BCUT2D eigenvalue weighted by Crippen LogP contribution is 2.37. The van der Waals surface area contributed by atoms with E-state index >= 15 is 0 Å². The fourth-order valence-electron chi connectivity index (χ4n) is 2.83. The third-order valence-corrected chi connectivity index (χ3v) is 3.70. The van der Waals surface area contributed by atoms with Gasteiger partial charge in [-0.15, -0.1) is 0 Å². The topological polar surface area (TPSA) is 66.8 Å². The van der Waals surface area contributed by atoms with Gasteiger partial charge in [0.2, 0.25) is 0 Å². The molecule has 2 rings (SSSR count). The zero-order valence-corrected chi connectivity index (χ0v) is 13.5. The molecular formula is C17H23NO4. The number of amides is 1. The van der Waals surface area contributed by atoms with Gasteiger partial charge >= 0.3 is 12.1 Å². The van der Waals surface area contributed by atoms with Gasteiger partial charge in [0.25, 0.3) is 0 Å². The van der Waals surface area contributed by atoms with Crippen LogP contribution < -0.4 is 0 Å². The average Bonchev–Trinajstić information content (AvgIpc) is 2.81. The van der Waals surface area contributed by atoms with Crippen LogP contribution in [0.5, 0.6) is 0 Å². The maximum atomic E-state index is 12.5. The first-order valence-corrected chi connectivity index (χ1v) is 7.50. The summed E-state index contributed by atoms with van der Waals surface area (Å²) in [6.45, 7) is 7.31. The Morgan fingerprint density at radius 3 is 2.50 bits per heavy atom. The van der Waals surface area contributed by atoms with Crippen LogP contribution in [0.2, 0.25) is 0 Å². The molecule has 120 valence electrons. The van der Waals surface area contributed by atoms with Gasteiger partial charge in [0, 0.05) is 0 Å². The molecule has 1 saturated heterocycles. The van der Waals surface area contributed by atoms with Gasteiger partial charge in [0.1, 0.15) is 11.6 Å². The lowest BCUT2D eigenvalue weighted by atomic mass is 10.0. The van der Waals surface area contributed by atoms with Gasteiger partial charge in [0.15, 0.2) is 0 Å². The Kier molecular flexibility index (Phi) is 4.44. The van der Waals surface area contributed by atoms with Crippen molar-refractivity contribution in [3.05, 3.63) is 35.4 Å². The number of hydrogen-bond acceptors (Lipinski definition) is 3. The standard InChI is InChI=1S/C17H23NO4/c1-11-6-5-7-12(10-11)13-8-9-14(15(19)20)18(13)16(21)22-17(2,3)4/h5-7,10,13-14H,8-9H2,1-4H3,(H,19,20). The fourth-order valence-corrected chi connectivity index (χ4v) is 2.83. The molecule has 1 amide bonds. The minimum atomic E-state index is -0.985. The molecule has 1 N–H and O–H groups in total. The van der Waals surface area contributed by atoms with Crippen molar-refractivity contribution in [1.29, 1.82) is 0 Å². The molecule has 1 aliphatic rings. The van der Waals surface area contributed by atoms with Crippen LogP contribution in [0.4, 0.5) is 4.79 Å². The van der Waals surface area contributed by atoms with E-state index in [0.717, 1.165) is 11.1 Å². The van der Waals surface area contributed by atoms with Crippen LogP contribution in [0, 0.1) is 6.92 Å². The number of nitrogens with zero attached hydrogens (tertiary/aromatic N) is 1. The Bertz CT molecular complexity index is 576. The molecule has 1 heterocycles. The van der Waals surface area contributed by atoms with Crippen LogP contribution in [0.3, 0.4) is 0 Å². The molecule has 0 bridgehead atoms. The number of carboxylic acids is 1. The molecule has 0 spiro atoms. The van der Waals surface area contributed by atoms with E-state index in [-0.39, 0.29) is 6.04 Å². The van der Waals surface area contributed by atoms with E-state index in [1.54, 1.807) is 20.8 Å². The van der Waals surface area contributed by atoms with Gasteiger partial charge in [-0.25, -0.2) is 9.59 Å². The predicted molar refractivity (Wildman–Crippen MR) is 82.7 cm³/mol. The molecule has 1 aromatic carbocycles. The van der Waals surface area contributed by atoms with Gasteiger partial charge in [-0.3, -0.25) is 4.90 Å². The minimum absolute atomic E-state index is 0.254. The SMILES string of the molecule is Cc1cccc(C2CCC(C(=O)O)N2C(=O)OC(C)(C)C)c1. The molecule has 0 aromatic heterocycles. The smallest absolute Gasteiger partial charge is 0.411 e. The summed E-state index contributed by atoms with van der Waals surface area (Å²) in [5.41, 5.74) is 1.38. The summed E-state index contributed by atoms with van der Waals surface area (Å²) in [6.07, 6.45) is 0.497. The highest BCUT2D eigenvalue weighted by molar-refractivity contribution is 5.81. The fraction of sp³-hybridized carbons (Fsp3) is 0.529. The van der Waals surface area contributed by atoms with Gasteiger partial charge in [-0.1, -0.05) is 29.8 Å². The van der Waals surface area contributed by atoms with Gasteiger partial charge in [-0.05, 0) is 46.1 Å². The first kappa shape index (κ1) is 16.3. The first-order valence-electron chi connectivity index (χ1n) is 7.50. The molecule has 5 heteroatoms. The highest BCUT2D eigenvalue weighted by Gasteiger charge is 2.43. The van der Waals surface area contributed by atoms with E-state index in [0.29, 0.717) is 12.8 Å². The third kappa shape index (κ3) is 3.59. The Hall–Kier alpha value is -2.04. The number of carboxylic acid groups (broad SMARTS) is 1. The number of aryl methyl sites for hydroxylation is 1. The summed E-state index contributed by atoms with van der Waals surface area (Å²) < 4.78 is 5.41. The lowest BCUT2D eigenvalue weighted by molar-refractivity contribution is -0.142. The van der Waals surface area contributed by atoms with Crippen molar-refractivity contribution in [2.75, 3.05) is 0 Å². The van der Waals surface area contributed by atoms with E-state index in [9.17, 15) is 14.7 Å². The zero-order valence-electron chi connectivity index (χ0n) is 13.5. The average molecular weight is 305 g/mol. The van der Waals surface area contributed by atoms with Gasteiger partial charge in [0.05, 0.1) is 6.04 Å². The number of benzene rings is 1. The minimum Gasteiger partial charge on any atom is -0.480 e. The van der Waals surface area contributed by atoms with Crippen molar-refractivity contribution in [3.8, 4) is 0 Å². The maximum absolute atomic E-state index is 12.5. The Morgan fingerprint density at radius 2 is 1.95 bits per heavy atom. The Morgan fingerprint density at radius 1 is 1.27 bits per heavy atom. The van der Waals surface area contributed by atoms with E-state index in [2.05, 4.69) is 0 Å². The number of ether oxygens (including phenoxy) is 1. The van der Waals surface area contributed by atoms with E-state index in [1.165, 1.54) is 4.90 Å². The first-order chi connectivity index (χ1) is 10.2. The monoisotopic (exact) mass is 305 g/mol. The van der Waals surface area contributed by atoms with Crippen LogP contribution in [-0.2, 0) is 9.53 Å². The van der Waals surface area contributed by atoms with Gasteiger partial charge < -0.3 is 9.84 Å². The number of hydrogen-bond donors (Lipinski definition) is 1. The van der Waals surface area contributed by atoms with Crippen molar-refractivity contribution in [1.82, 2.24) is 4.90 Å². The summed E-state index contributed by atoms with van der Waals surface area (Å²) in [7, 11) is 0. The van der Waals surface area contributed by atoms with Crippen LogP contribution >= 0.6 is 0 Å². The molecule has 22 heavy (non-hydrogen) atoms. The van der Waals surface area contributed by atoms with E-state index in [4.69, 9.17) is 4.74 Å². The summed E-state index contributed by atoms with van der Waals surface area (Å²) >= 11 is 0. The Balaban J connectivity index is 2.32. The van der Waals surface area contributed by atoms with Crippen molar-refractivity contribution in [2.45, 2.75) is 58.2 Å². The van der Waals surface area contributed by atoms with E-state index in [1.807, 2.05) is 31.2 Å². The third-order valence-electron chi connectivity index (χ3n) is 3.70. The van der Waals surface area contributed by atoms with Crippen molar-refractivity contribution < 1.29 is 19.4 Å². The van der Waals surface area contributed by atoms with Crippen LogP contribution in [-0.4, -0.2) is 33.7 Å². The highest BCUT2D eigenvalue weighted by atomic mass is 16.6. The van der Waals surface area contributed by atoms with Crippen LogP contribution in [0.25, 0.3) is 0 Å². The molecule has 1 fully saturated rings. The van der Waals surface area contributed by atoms with Crippen molar-refractivity contribution in [3.63, 3.8) is 0 Å². The zero-order chi connectivity index (χ0) is 16.5. The lowest BCUT2D eigenvalue weighted by Crippen LogP contribution is -2.44. The Labute approximate surface area is 130 Å². The predicted octanol–water partition coefficient (Wildman–Crippen LogP) is 3.52. The lowest BCUT2D eigenvalue weighted by Gasteiger charge is -2.31. The normalized spacial score (nSPS) is 21.7. The van der Waals surface area contributed by atoms with Crippen LogP contribution in [0.15, 0.2) is 24.3 Å². The molecule has 2 unspecified atom stereocenters. The quantitative estimate of drug-likeness (QED) is 0.907.